The molecule has 0 unspecified atom stereocenters. The van der Waals surface area contributed by atoms with Crippen LogP contribution in [0.4, 0.5) is 6.01 Å². The normalized spacial score (nSPS) is 13.9. The number of oxazole rings is 1. The second-order valence-corrected chi connectivity index (χ2v) is 9.29. The summed E-state index contributed by atoms with van der Waals surface area (Å²) in [7, 11) is 0. The first-order valence-electron chi connectivity index (χ1n) is 11.9. The number of amides is 1. The van der Waals surface area contributed by atoms with Crippen LogP contribution in [0.25, 0.3) is 11.1 Å². The molecule has 1 saturated carbocycles. The molecule has 0 atom stereocenters. The number of benzene rings is 3. The zero-order chi connectivity index (χ0) is 23.3. The van der Waals surface area contributed by atoms with E-state index < -0.39 is 0 Å². The van der Waals surface area contributed by atoms with Crippen molar-refractivity contribution in [1.29, 1.82) is 0 Å². The summed E-state index contributed by atoms with van der Waals surface area (Å²) in [4.78, 5) is 20.2. The predicted octanol–water partition coefficient (Wildman–Crippen LogP) is 6.72. The maximum absolute atomic E-state index is 13.6. The van der Waals surface area contributed by atoms with Gasteiger partial charge in [-0.25, -0.2) is 0 Å². The van der Waals surface area contributed by atoms with E-state index >= 15 is 0 Å². The van der Waals surface area contributed by atoms with E-state index in [1.807, 2.05) is 60.7 Å². The van der Waals surface area contributed by atoms with Crippen LogP contribution in [-0.2, 0) is 13.0 Å². The molecule has 5 rings (SSSR count). The number of fused-ring (bicyclic) bond motifs is 1. The third kappa shape index (κ3) is 5.26. The highest BCUT2D eigenvalue weighted by atomic mass is 35.5. The number of carbonyl (C=O) groups is 1. The van der Waals surface area contributed by atoms with Crippen LogP contribution in [0.1, 0.15) is 47.2 Å². The van der Waals surface area contributed by atoms with Gasteiger partial charge in [0.05, 0.1) is 0 Å². The minimum absolute atomic E-state index is 0.0705. The Balaban J connectivity index is 1.32. The van der Waals surface area contributed by atoms with Crippen molar-refractivity contribution in [2.75, 3.05) is 11.9 Å². The number of rotatable bonds is 8. The molecule has 174 valence electrons. The lowest BCUT2D eigenvalue weighted by atomic mass is 10.1. The van der Waals surface area contributed by atoms with Gasteiger partial charge in [0.1, 0.15) is 5.52 Å². The summed E-state index contributed by atoms with van der Waals surface area (Å²) in [5.41, 5.74) is 4.27. The Morgan fingerprint density at radius 2 is 1.79 bits per heavy atom. The SMILES string of the molecule is O=C(c1ccc2oc(NCc3cccc(Cl)c3)nc2c1)N(CCc1ccccc1)C1CCCC1. The third-order valence-corrected chi connectivity index (χ3v) is 6.71. The van der Waals surface area contributed by atoms with E-state index in [1.54, 1.807) is 0 Å². The Morgan fingerprint density at radius 3 is 2.59 bits per heavy atom. The van der Waals surface area contributed by atoms with E-state index in [-0.39, 0.29) is 5.91 Å². The smallest absolute Gasteiger partial charge is 0.295 e. The number of carbonyl (C=O) groups excluding carboxylic acids is 1. The van der Waals surface area contributed by atoms with Crippen molar-refractivity contribution < 1.29 is 9.21 Å². The first kappa shape index (κ1) is 22.5. The zero-order valence-electron chi connectivity index (χ0n) is 19.0. The molecule has 6 heteroatoms. The minimum atomic E-state index is 0.0705. The van der Waals surface area contributed by atoms with Crippen LogP contribution < -0.4 is 5.32 Å². The summed E-state index contributed by atoms with van der Waals surface area (Å²) >= 11 is 6.06. The fourth-order valence-corrected chi connectivity index (χ4v) is 4.90. The summed E-state index contributed by atoms with van der Waals surface area (Å²) in [6.45, 7) is 1.27. The molecule has 1 aliphatic rings. The average Bonchev–Trinajstić information content (AvgIpc) is 3.53. The molecule has 4 aromatic rings. The number of nitrogens with zero attached hydrogens (tertiary/aromatic N) is 2. The largest absolute Gasteiger partial charge is 0.424 e. The van der Waals surface area contributed by atoms with Crippen molar-refractivity contribution in [3.63, 3.8) is 0 Å². The molecule has 1 amide bonds. The van der Waals surface area contributed by atoms with Gasteiger partial charge in [0.25, 0.3) is 11.9 Å². The molecular formula is C28H28ClN3O2. The van der Waals surface area contributed by atoms with Crippen LogP contribution in [0.3, 0.4) is 0 Å². The number of hydrogen-bond donors (Lipinski definition) is 1. The molecule has 1 aliphatic carbocycles. The summed E-state index contributed by atoms with van der Waals surface area (Å²) in [5, 5.41) is 3.89. The van der Waals surface area contributed by atoms with Crippen molar-refractivity contribution in [3.8, 4) is 0 Å². The van der Waals surface area contributed by atoms with Gasteiger partial charge in [-0.1, -0.05) is 66.9 Å². The number of nitrogens with one attached hydrogen (secondary N) is 1. The number of hydrogen-bond acceptors (Lipinski definition) is 4. The maximum Gasteiger partial charge on any atom is 0.295 e. The molecule has 34 heavy (non-hydrogen) atoms. The third-order valence-electron chi connectivity index (χ3n) is 6.48. The van der Waals surface area contributed by atoms with Crippen LogP contribution in [0.2, 0.25) is 5.02 Å². The van der Waals surface area contributed by atoms with Crippen molar-refractivity contribution in [2.24, 2.45) is 0 Å². The van der Waals surface area contributed by atoms with Gasteiger partial charge in [0, 0.05) is 29.7 Å². The molecule has 0 spiro atoms. The summed E-state index contributed by atoms with van der Waals surface area (Å²) in [5.74, 6) is 0.0705. The first-order valence-corrected chi connectivity index (χ1v) is 12.3. The fraction of sp³-hybridized carbons (Fsp3) is 0.286. The molecule has 0 aliphatic heterocycles. The quantitative estimate of drug-likeness (QED) is 0.308. The number of anilines is 1. The topological polar surface area (TPSA) is 58.4 Å². The van der Waals surface area contributed by atoms with Gasteiger partial charge in [-0.3, -0.25) is 4.79 Å². The molecule has 5 nitrogen and oxygen atoms in total. The Morgan fingerprint density at radius 1 is 1.00 bits per heavy atom. The highest BCUT2D eigenvalue weighted by Crippen LogP contribution is 2.27. The second kappa shape index (κ2) is 10.3. The molecule has 1 N–H and O–H groups in total. The molecule has 1 aromatic heterocycles. The zero-order valence-corrected chi connectivity index (χ0v) is 19.8. The Kier molecular flexibility index (Phi) is 6.82. The van der Waals surface area contributed by atoms with E-state index in [2.05, 4.69) is 27.3 Å². The first-order chi connectivity index (χ1) is 16.7. The lowest BCUT2D eigenvalue weighted by molar-refractivity contribution is 0.0684. The molecule has 3 aromatic carbocycles. The molecule has 0 bridgehead atoms. The van der Waals surface area contributed by atoms with E-state index in [4.69, 9.17) is 16.0 Å². The van der Waals surface area contributed by atoms with Crippen LogP contribution >= 0.6 is 11.6 Å². The summed E-state index contributed by atoms with van der Waals surface area (Å²) in [6.07, 6.45) is 5.37. The van der Waals surface area contributed by atoms with Crippen molar-refractivity contribution in [3.05, 3.63) is 94.5 Å². The molecule has 1 heterocycles. The Labute approximate surface area is 204 Å². The van der Waals surface area contributed by atoms with Crippen LogP contribution in [0.5, 0.6) is 0 Å². The van der Waals surface area contributed by atoms with E-state index in [0.29, 0.717) is 40.3 Å². The average molecular weight is 474 g/mol. The molecule has 1 fully saturated rings. The minimum Gasteiger partial charge on any atom is -0.424 e. The Bertz CT molecular complexity index is 1270. The van der Waals surface area contributed by atoms with E-state index in [0.717, 1.165) is 31.4 Å². The molecule has 0 radical (unpaired) electrons. The van der Waals surface area contributed by atoms with E-state index in [1.165, 1.54) is 18.4 Å². The predicted molar refractivity (Wildman–Crippen MR) is 136 cm³/mol. The fourth-order valence-electron chi connectivity index (χ4n) is 4.69. The highest BCUT2D eigenvalue weighted by molar-refractivity contribution is 6.30. The van der Waals surface area contributed by atoms with Crippen molar-refractivity contribution in [1.82, 2.24) is 9.88 Å². The van der Waals surface area contributed by atoms with Crippen LogP contribution in [-0.4, -0.2) is 28.4 Å². The van der Waals surface area contributed by atoms with Crippen molar-refractivity contribution >= 4 is 34.6 Å². The van der Waals surface area contributed by atoms with Crippen LogP contribution in [0, 0.1) is 0 Å². The molecular weight excluding hydrogens is 446 g/mol. The monoisotopic (exact) mass is 473 g/mol. The van der Waals surface area contributed by atoms with Gasteiger partial charge in [-0.2, -0.15) is 4.98 Å². The van der Waals surface area contributed by atoms with Gasteiger partial charge >= 0.3 is 0 Å². The van der Waals surface area contributed by atoms with Gasteiger partial charge in [-0.05, 0) is 60.7 Å². The lowest BCUT2D eigenvalue weighted by Gasteiger charge is -2.29. The van der Waals surface area contributed by atoms with Gasteiger partial charge in [-0.15, -0.1) is 0 Å². The lowest BCUT2D eigenvalue weighted by Crippen LogP contribution is -2.40. The van der Waals surface area contributed by atoms with Gasteiger partial charge in [0.2, 0.25) is 0 Å². The second-order valence-electron chi connectivity index (χ2n) is 8.86. The van der Waals surface area contributed by atoms with Crippen LogP contribution in [0.15, 0.2) is 77.2 Å². The van der Waals surface area contributed by atoms with Crippen molar-refractivity contribution in [2.45, 2.75) is 44.7 Å². The summed E-state index contributed by atoms with van der Waals surface area (Å²) < 4.78 is 5.84. The van der Waals surface area contributed by atoms with Gasteiger partial charge in [0.15, 0.2) is 5.58 Å². The maximum atomic E-state index is 13.6. The number of aromatic nitrogens is 1. The van der Waals surface area contributed by atoms with Gasteiger partial charge < -0.3 is 14.6 Å². The van der Waals surface area contributed by atoms with E-state index in [9.17, 15) is 4.79 Å². The standard InChI is InChI=1S/C28H28ClN3O2/c29-23-10-6-9-21(17-23)19-30-28-31-25-18-22(13-14-26(25)34-28)27(33)32(24-11-4-5-12-24)16-15-20-7-2-1-3-8-20/h1-3,6-10,13-14,17-18,24H,4-5,11-12,15-16,19H2,(H,30,31). The highest BCUT2D eigenvalue weighted by Gasteiger charge is 2.27. The Hall–Kier alpha value is -3.31. The molecule has 0 saturated heterocycles. The number of halogens is 1. The summed E-state index contributed by atoms with van der Waals surface area (Å²) in [6, 6.07) is 24.3.